The number of aromatic nitrogens is 2. The summed E-state index contributed by atoms with van der Waals surface area (Å²) in [6.45, 7) is 3.02. The van der Waals surface area contributed by atoms with Gasteiger partial charge in [0.2, 0.25) is 0 Å². The standard InChI is InChI=1S/C12H13FN2O/c1-10-14-6-7-15(10)8-9-16-12-5-3-2-4-11(12)13/h2-7H,8-9H2,1H3. The highest BCUT2D eigenvalue weighted by molar-refractivity contribution is 5.23. The van der Waals surface area contributed by atoms with Crippen molar-refractivity contribution in [3.8, 4) is 5.75 Å². The van der Waals surface area contributed by atoms with Crippen molar-refractivity contribution < 1.29 is 9.13 Å². The summed E-state index contributed by atoms with van der Waals surface area (Å²) in [6, 6.07) is 6.40. The van der Waals surface area contributed by atoms with E-state index in [2.05, 4.69) is 4.98 Å². The van der Waals surface area contributed by atoms with Gasteiger partial charge in [0.25, 0.3) is 0 Å². The van der Waals surface area contributed by atoms with Crippen LogP contribution in [0, 0.1) is 12.7 Å². The van der Waals surface area contributed by atoms with Crippen LogP contribution in [0.3, 0.4) is 0 Å². The van der Waals surface area contributed by atoms with Crippen LogP contribution in [-0.4, -0.2) is 16.2 Å². The average Bonchev–Trinajstić information content (AvgIpc) is 2.67. The van der Waals surface area contributed by atoms with Gasteiger partial charge in [-0.1, -0.05) is 12.1 Å². The normalized spacial score (nSPS) is 10.4. The van der Waals surface area contributed by atoms with Gasteiger partial charge in [-0.05, 0) is 19.1 Å². The second-order valence-corrected chi connectivity index (χ2v) is 3.45. The number of rotatable bonds is 4. The van der Waals surface area contributed by atoms with Crippen LogP contribution >= 0.6 is 0 Å². The van der Waals surface area contributed by atoms with Gasteiger partial charge in [-0.25, -0.2) is 9.37 Å². The summed E-state index contributed by atoms with van der Waals surface area (Å²) in [5.74, 6) is 0.891. The van der Waals surface area contributed by atoms with Crippen molar-refractivity contribution in [2.45, 2.75) is 13.5 Å². The van der Waals surface area contributed by atoms with E-state index in [1.54, 1.807) is 24.4 Å². The first kappa shape index (κ1) is 10.7. The van der Waals surface area contributed by atoms with Crippen molar-refractivity contribution in [1.82, 2.24) is 9.55 Å². The lowest BCUT2D eigenvalue weighted by molar-refractivity contribution is 0.283. The highest BCUT2D eigenvalue weighted by atomic mass is 19.1. The third-order valence-electron chi connectivity index (χ3n) is 2.35. The lowest BCUT2D eigenvalue weighted by Crippen LogP contribution is -2.09. The van der Waals surface area contributed by atoms with Crippen molar-refractivity contribution in [2.24, 2.45) is 0 Å². The van der Waals surface area contributed by atoms with E-state index in [-0.39, 0.29) is 5.82 Å². The molecule has 1 aromatic carbocycles. The van der Waals surface area contributed by atoms with Crippen LogP contribution in [-0.2, 0) is 6.54 Å². The Morgan fingerprint density at radius 1 is 1.38 bits per heavy atom. The highest BCUT2D eigenvalue weighted by Gasteiger charge is 2.01. The molecule has 4 heteroatoms. The van der Waals surface area contributed by atoms with E-state index in [0.29, 0.717) is 18.9 Å². The number of aryl methyl sites for hydroxylation is 1. The van der Waals surface area contributed by atoms with Crippen LogP contribution in [0.15, 0.2) is 36.7 Å². The molecule has 0 saturated heterocycles. The largest absolute Gasteiger partial charge is 0.489 e. The molecule has 0 aliphatic carbocycles. The molecule has 0 radical (unpaired) electrons. The third kappa shape index (κ3) is 2.39. The summed E-state index contributed by atoms with van der Waals surface area (Å²) in [6.07, 6.45) is 3.61. The lowest BCUT2D eigenvalue weighted by Gasteiger charge is -2.08. The Bertz CT molecular complexity index is 468. The van der Waals surface area contributed by atoms with Gasteiger partial charge in [0, 0.05) is 12.4 Å². The van der Waals surface area contributed by atoms with E-state index in [0.717, 1.165) is 5.82 Å². The number of para-hydroxylation sites is 1. The number of ether oxygens (including phenoxy) is 1. The molecule has 0 bridgehead atoms. The molecule has 2 rings (SSSR count). The summed E-state index contributed by atoms with van der Waals surface area (Å²) in [4.78, 5) is 4.09. The minimum Gasteiger partial charge on any atom is -0.489 e. The average molecular weight is 220 g/mol. The number of benzene rings is 1. The first-order chi connectivity index (χ1) is 7.77. The molecule has 84 valence electrons. The molecule has 0 spiro atoms. The Balaban J connectivity index is 1.89. The van der Waals surface area contributed by atoms with Gasteiger partial charge in [0.1, 0.15) is 12.4 Å². The van der Waals surface area contributed by atoms with Crippen LogP contribution in [0.1, 0.15) is 5.82 Å². The molecule has 0 aliphatic rings. The van der Waals surface area contributed by atoms with Gasteiger partial charge in [-0.2, -0.15) is 0 Å². The summed E-state index contributed by atoms with van der Waals surface area (Å²) in [7, 11) is 0. The molecule has 0 amide bonds. The first-order valence-electron chi connectivity index (χ1n) is 5.12. The van der Waals surface area contributed by atoms with E-state index >= 15 is 0 Å². The molecule has 0 unspecified atom stereocenters. The zero-order chi connectivity index (χ0) is 11.4. The van der Waals surface area contributed by atoms with Crippen LogP contribution in [0.2, 0.25) is 0 Å². The fraction of sp³-hybridized carbons (Fsp3) is 0.250. The molecule has 16 heavy (non-hydrogen) atoms. The number of imidazole rings is 1. The van der Waals surface area contributed by atoms with Crippen LogP contribution < -0.4 is 4.74 Å². The predicted octanol–water partition coefficient (Wildman–Crippen LogP) is 2.41. The molecular formula is C12H13FN2O. The van der Waals surface area contributed by atoms with Crippen LogP contribution in [0.5, 0.6) is 5.75 Å². The second-order valence-electron chi connectivity index (χ2n) is 3.45. The second kappa shape index (κ2) is 4.79. The van der Waals surface area contributed by atoms with Crippen molar-refractivity contribution in [1.29, 1.82) is 0 Å². The molecule has 1 heterocycles. The molecule has 3 nitrogen and oxygen atoms in total. The summed E-state index contributed by atoms with van der Waals surface area (Å²) in [5.41, 5.74) is 0. The zero-order valence-corrected chi connectivity index (χ0v) is 9.06. The molecule has 0 fully saturated rings. The number of nitrogens with zero attached hydrogens (tertiary/aromatic N) is 2. The molecule has 0 N–H and O–H groups in total. The fourth-order valence-corrected chi connectivity index (χ4v) is 1.46. The maximum atomic E-state index is 13.2. The number of hydrogen-bond donors (Lipinski definition) is 0. The van der Waals surface area contributed by atoms with E-state index in [1.807, 2.05) is 17.7 Å². The monoisotopic (exact) mass is 220 g/mol. The smallest absolute Gasteiger partial charge is 0.165 e. The molecule has 0 saturated carbocycles. The number of hydrogen-bond acceptors (Lipinski definition) is 2. The Morgan fingerprint density at radius 3 is 2.88 bits per heavy atom. The Kier molecular flexibility index (Phi) is 3.19. The molecule has 1 aromatic heterocycles. The molecule has 0 aliphatic heterocycles. The van der Waals surface area contributed by atoms with Crippen molar-refractivity contribution in [3.63, 3.8) is 0 Å². The lowest BCUT2D eigenvalue weighted by atomic mass is 10.3. The van der Waals surface area contributed by atoms with Gasteiger partial charge in [-0.15, -0.1) is 0 Å². The zero-order valence-electron chi connectivity index (χ0n) is 9.06. The summed E-state index contributed by atoms with van der Waals surface area (Å²) in [5, 5.41) is 0. The van der Waals surface area contributed by atoms with Crippen LogP contribution in [0.4, 0.5) is 4.39 Å². The van der Waals surface area contributed by atoms with Crippen molar-refractivity contribution in [3.05, 3.63) is 48.3 Å². The Morgan fingerprint density at radius 2 is 2.19 bits per heavy atom. The SMILES string of the molecule is Cc1nccn1CCOc1ccccc1F. The van der Waals surface area contributed by atoms with E-state index < -0.39 is 0 Å². The third-order valence-corrected chi connectivity index (χ3v) is 2.35. The van der Waals surface area contributed by atoms with Crippen LogP contribution in [0.25, 0.3) is 0 Å². The predicted molar refractivity (Wildman–Crippen MR) is 58.9 cm³/mol. The Labute approximate surface area is 93.5 Å². The highest BCUT2D eigenvalue weighted by Crippen LogP contribution is 2.15. The van der Waals surface area contributed by atoms with Crippen molar-refractivity contribution in [2.75, 3.05) is 6.61 Å². The fourth-order valence-electron chi connectivity index (χ4n) is 1.46. The van der Waals surface area contributed by atoms with Gasteiger partial charge < -0.3 is 9.30 Å². The molecule has 2 aromatic rings. The first-order valence-corrected chi connectivity index (χ1v) is 5.12. The van der Waals surface area contributed by atoms with Gasteiger partial charge in [0.05, 0.1) is 6.54 Å². The maximum Gasteiger partial charge on any atom is 0.165 e. The summed E-state index contributed by atoms with van der Waals surface area (Å²) < 4.78 is 20.5. The number of halogens is 1. The van der Waals surface area contributed by atoms with Gasteiger partial charge in [-0.3, -0.25) is 0 Å². The van der Waals surface area contributed by atoms with Crippen molar-refractivity contribution >= 4 is 0 Å². The quantitative estimate of drug-likeness (QED) is 0.791. The molecular weight excluding hydrogens is 207 g/mol. The van der Waals surface area contributed by atoms with Gasteiger partial charge in [0.15, 0.2) is 11.6 Å². The topological polar surface area (TPSA) is 27.1 Å². The van der Waals surface area contributed by atoms with E-state index in [1.165, 1.54) is 6.07 Å². The minimum absolute atomic E-state index is 0.292. The maximum absolute atomic E-state index is 13.2. The van der Waals surface area contributed by atoms with Gasteiger partial charge >= 0.3 is 0 Å². The Hall–Kier alpha value is -1.84. The minimum atomic E-state index is -0.329. The molecule has 0 atom stereocenters. The van der Waals surface area contributed by atoms with E-state index in [9.17, 15) is 4.39 Å². The summed E-state index contributed by atoms with van der Waals surface area (Å²) >= 11 is 0. The van der Waals surface area contributed by atoms with E-state index in [4.69, 9.17) is 4.74 Å².